The average Bonchev–Trinajstić information content (AvgIpc) is 2.74. The lowest BCUT2D eigenvalue weighted by Crippen LogP contribution is -2.33. The Hall–Kier alpha value is -1.42. The molecule has 1 aliphatic carbocycles. The van der Waals surface area contributed by atoms with E-state index in [-0.39, 0.29) is 17.9 Å². The SMILES string of the molecule is O=C(Cc1ccccn1)NCC1CCCC1O. The number of carbonyl (C=O) groups is 1. The predicted molar refractivity (Wildman–Crippen MR) is 64.3 cm³/mol. The summed E-state index contributed by atoms with van der Waals surface area (Å²) in [7, 11) is 0. The first-order valence-electron chi connectivity index (χ1n) is 6.10. The van der Waals surface area contributed by atoms with Gasteiger partial charge in [0.1, 0.15) is 0 Å². The van der Waals surface area contributed by atoms with Gasteiger partial charge in [0, 0.05) is 24.4 Å². The van der Waals surface area contributed by atoms with Crippen molar-refractivity contribution >= 4 is 5.91 Å². The molecule has 0 saturated heterocycles. The van der Waals surface area contributed by atoms with E-state index >= 15 is 0 Å². The summed E-state index contributed by atoms with van der Waals surface area (Å²) in [6, 6.07) is 5.54. The van der Waals surface area contributed by atoms with Gasteiger partial charge in [0.05, 0.1) is 12.5 Å². The molecule has 0 aromatic carbocycles. The van der Waals surface area contributed by atoms with Crippen molar-refractivity contribution < 1.29 is 9.90 Å². The lowest BCUT2D eigenvalue weighted by atomic mass is 10.1. The number of nitrogens with zero attached hydrogens (tertiary/aromatic N) is 1. The van der Waals surface area contributed by atoms with Crippen molar-refractivity contribution in [3.8, 4) is 0 Å². The van der Waals surface area contributed by atoms with Gasteiger partial charge in [-0.2, -0.15) is 0 Å². The number of pyridine rings is 1. The summed E-state index contributed by atoms with van der Waals surface area (Å²) in [5, 5.41) is 12.5. The minimum absolute atomic E-state index is 0.0252. The Morgan fingerprint density at radius 3 is 3.00 bits per heavy atom. The summed E-state index contributed by atoms with van der Waals surface area (Å²) in [5.74, 6) is 0.200. The summed E-state index contributed by atoms with van der Waals surface area (Å²) in [4.78, 5) is 15.7. The Labute approximate surface area is 101 Å². The number of amides is 1. The van der Waals surface area contributed by atoms with Crippen LogP contribution in [0.2, 0.25) is 0 Å². The fourth-order valence-electron chi connectivity index (χ4n) is 2.23. The molecule has 2 N–H and O–H groups in total. The van der Waals surface area contributed by atoms with E-state index in [4.69, 9.17) is 0 Å². The average molecular weight is 234 g/mol. The van der Waals surface area contributed by atoms with Crippen LogP contribution in [0, 0.1) is 5.92 Å². The quantitative estimate of drug-likeness (QED) is 0.813. The van der Waals surface area contributed by atoms with Crippen LogP contribution in [-0.4, -0.2) is 28.6 Å². The first-order chi connectivity index (χ1) is 8.25. The lowest BCUT2D eigenvalue weighted by Gasteiger charge is -2.14. The normalized spacial score (nSPS) is 23.6. The molecule has 1 aromatic rings. The van der Waals surface area contributed by atoms with Gasteiger partial charge < -0.3 is 10.4 Å². The van der Waals surface area contributed by atoms with Gasteiger partial charge in [-0.25, -0.2) is 0 Å². The Morgan fingerprint density at radius 2 is 2.35 bits per heavy atom. The second kappa shape index (κ2) is 5.77. The van der Waals surface area contributed by atoms with Crippen LogP contribution in [0.15, 0.2) is 24.4 Å². The molecule has 0 radical (unpaired) electrons. The van der Waals surface area contributed by atoms with Crippen LogP contribution in [0.5, 0.6) is 0 Å². The van der Waals surface area contributed by atoms with Crippen LogP contribution in [0.25, 0.3) is 0 Å². The molecule has 1 fully saturated rings. The number of nitrogens with one attached hydrogen (secondary N) is 1. The summed E-state index contributed by atoms with van der Waals surface area (Å²) in [6.07, 6.45) is 4.67. The van der Waals surface area contributed by atoms with Crippen LogP contribution >= 0.6 is 0 Å². The molecule has 1 amide bonds. The third-order valence-electron chi connectivity index (χ3n) is 3.25. The van der Waals surface area contributed by atoms with Gasteiger partial charge in [-0.3, -0.25) is 9.78 Å². The van der Waals surface area contributed by atoms with Crippen LogP contribution in [-0.2, 0) is 11.2 Å². The highest BCUT2D eigenvalue weighted by Gasteiger charge is 2.25. The standard InChI is InChI=1S/C13H18N2O2/c16-12-6-3-4-10(12)9-15-13(17)8-11-5-1-2-7-14-11/h1-2,5,7,10,12,16H,3-4,6,8-9H2,(H,15,17). The Bertz CT molecular complexity index is 367. The molecule has 0 spiro atoms. The lowest BCUT2D eigenvalue weighted by molar-refractivity contribution is -0.120. The largest absolute Gasteiger partial charge is 0.393 e. The van der Waals surface area contributed by atoms with E-state index in [0.29, 0.717) is 13.0 Å². The molecule has 4 heteroatoms. The van der Waals surface area contributed by atoms with Gasteiger partial charge in [0.25, 0.3) is 0 Å². The summed E-state index contributed by atoms with van der Waals surface area (Å²) < 4.78 is 0. The van der Waals surface area contributed by atoms with Crippen molar-refractivity contribution in [2.24, 2.45) is 5.92 Å². The number of aliphatic hydroxyl groups excluding tert-OH is 1. The number of hydrogen-bond donors (Lipinski definition) is 2. The maximum atomic E-state index is 11.6. The number of aromatic nitrogens is 1. The first-order valence-corrected chi connectivity index (χ1v) is 6.10. The minimum Gasteiger partial charge on any atom is -0.393 e. The molecule has 2 unspecified atom stereocenters. The zero-order valence-electron chi connectivity index (χ0n) is 9.80. The molecule has 4 nitrogen and oxygen atoms in total. The maximum Gasteiger partial charge on any atom is 0.226 e. The second-order valence-corrected chi connectivity index (χ2v) is 4.56. The van der Waals surface area contributed by atoms with Crippen molar-refractivity contribution in [2.75, 3.05) is 6.54 Å². The molecule has 17 heavy (non-hydrogen) atoms. The molecule has 2 atom stereocenters. The summed E-state index contributed by atoms with van der Waals surface area (Å²) in [6.45, 7) is 0.576. The van der Waals surface area contributed by atoms with Crippen LogP contribution in [0.3, 0.4) is 0 Å². The minimum atomic E-state index is -0.245. The van der Waals surface area contributed by atoms with Crippen LogP contribution < -0.4 is 5.32 Å². The van der Waals surface area contributed by atoms with Crippen molar-refractivity contribution in [3.63, 3.8) is 0 Å². The topological polar surface area (TPSA) is 62.2 Å². The van der Waals surface area contributed by atoms with E-state index in [1.807, 2.05) is 18.2 Å². The van der Waals surface area contributed by atoms with Crippen molar-refractivity contribution in [2.45, 2.75) is 31.8 Å². The van der Waals surface area contributed by atoms with E-state index < -0.39 is 0 Å². The Balaban J connectivity index is 1.74. The number of aliphatic hydroxyl groups is 1. The number of carbonyl (C=O) groups excluding carboxylic acids is 1. The van der Waals surface area contributed by atoms with Crippen LogP contribution in [0.4, 0.5) is 0 Å². The smallest absolute Gasteiger partial charge is 0.226 e. The molecular weight excluding hydrogens is 216 g/mol. The van der Waals surface area contributed by atoms with E-state index in [1.165, 1.54) is 0 Å². The fourth-order valence-corrected chi connectivity index (χ4v) is 2.23. The third kappa shape index (κ3) is 3.53. The monoisotopic (exact) mass is 234 g/mol. The van der Waals surface area contributed by atoms with Gasteiger partial charge in [0.15, 0.2) is 0 Å². The molecule has 1 saturated carbocycles. The van der Waals surface area contributed by atoms with Gasteiger partial charge in [0.2, 0.25) is 5.91 Å². The van der Waals surface area contributed by atoms with Gasteiger partial charge >= 0.3 is 0 Å². The molecule has 0 bridgehead atoms. The maximum absolute atomic E-state index is 11.6. The molecular formula is C13H18N2O2. The second-order valence-electron chi connectivity index (χ2n) is 4.56. The Morgan fingerprint density at radius 1 is 1.47 bits per heavy atom. The molecule has 2 rings (SSSR count). The van der Waals surface area contributed by atoms with Crippen molar-refractivity contribution in [1.82, 2.24) is 10.3 Å². The first kappa shape index (κ1) is 12.0. The highest BCUT2D eigenvalue weighted by Crippen LogP contribution is 2.24. The van der Waals surface area contributed by atoms with E-state index in [1.54, 1.807) is 6.20 Å². The van der Waals surface area contributed by atoms with E-state index in [0.717, 1.165) is 25.0 Å². The zero-order chi connectivity index (χ0) is 12.1. The highest BCUT2D eigenvalue weighted by molar-refractivity contribution is 5.78. The predicted octanol–water partition coefficient (Wildman–Crippen LogP) is 0.901. The summed E-state index contributed by atoms with van der Waals surface area (Å²) >= 11 is 0. The zero-order valence-corrected chi connectivity index (χ0v) is 9.80. The van der Waals surface area contributed by atoms with Gasteiger partial charge in [-0.1, -0.05) is 12.5 Å². The van der Waals surface area contributed by atoms with Crippen molar-refractivity contribution in [1.29, 1.82) is 0 Å². The summed E-state index contributed by atoms with van der Waals surface area (Å²) in [5.41, 5.74) is 0.775. The highest BCUT2D eigenvalue weighted by atomic mass is 16.3. The van der Waals surface area contributed by atoms with Crippen molar-refractivity contribution in [3.05, 3.63) is 30.1 Å². The third-order valence-corrected chi connectivity index (χ3v) is 3.25. The molecule has 1 heterocycles. The van der Waals surface area contributed by atoms with E-state index in [9.17, 15) is 9.90 Å². The number of rotatable bonds is 4. The van der Waals surface area contributed by atoms with Gasteiger partial charge in [-0.15, -0.1) is 0 Å². The Kier molecular flexibility index (Phi) is 4.09. The molecule has 0 aliphatic heterocycles. The van der Waals surface area contributed by atoms with E-state index in [2.05, 4.69) is 10.3 Å². The number of hydrogen-bond acceptors (Lipinski definition) is 3. The molecule has 92 valence electrons. The van der Waals surface area contributed by atoms with Crippen LogP contribution in [0.1, 0.15) is 25.0 Å². The van der Waals surface area contributed by atoms with Gasteiger partial charge in [-0.05, 0) is 25.0 Å². The molecule has 1 aliphatic rings. The fraction of sp³-hybridized carbons (Fsp3) is 0.538. The molecule has 1 aromatic heterocycles.